The zero-order valence-electron chi connectivity index (χ0n) is 11.0. The molecule has 0 bridgehead atoms. The maximum Gasteiger partial charge on any atom is 0.401 e. The molecule has 6 nitrogen and oxygen atoms in total. The second kappa shape index (κ2) is 6.72. The molecule has 0 atom stereocenters. The molecule has 1 saturated heterocycles. The molecular formula is C10H18F3N3O3S. The summed E-state index contributed by atoms with van der Waals surface area (Å²) in [6.07, 6.45) is -2.37. The quantitative estimate of drug-likeness (QED) is 0.728. The van der Waals surface area contributed by atoms with Gasteiger partial charge in [0.1, 0.15) is 0 Å². The number of carbonyl (C=O) groups excluding carboxylic acids is 1. The molecule has 2 N–H and O–H groups in total. The molecule has 0 aromatic rings. The highest BCUT2D eigenvalue weighted by Gasteiger charge is 2.28. The number of rotatable bonds is 5. The number of piperidine rings is 1. The van der Waals surface area contributed by atoms with Gasteiger partial charge in [-0.3, -0.25) is 4.79 Å². The fourth-order valence-corrected chi connectivity index (χ4v) is 2.81. The summed E-state index contributed by atoms with van der Waals surface area (Å²) < 4.78 is 60.2. The topological polar surface area (TPSA) is 78.5 Å². The fraction of sp³-hybridized carbons (Fsp3) is 0.900. The lowest BCUT2D eigenvalue weighted by Crippen LogP contribution is -2.48. The van der Waals surface area contributed by atoms with E-state index in [1.54, 1.807) is 0 Å². The van der Waals surface area contributed by atoms with E-state index >= 15 is 0 Å². The average molecular weight is 317 g/mol. The third-order valence-electron chi connectivity index (χ3n) is 2.83. The van der Waals surface area contributed by atoms with Crippen LogP contribution < -0.4 is 10.0 Å². The number of amides is 1. The van der Waals surface area contributed by atoms with Gasteiger partial charge in [0.25, 0.3) is 0 Å². The molecule has 0 unspecified atom stereocenters. The van der Waals surface area contributed by atoms with Crippen LogP contribution in [0.5, 0.6) is 0 Å². The first-order valence-corrected chi connectivity index (χ1v) is 7.98. The van der Waals surface area contributed by atoms with E-state index < -0.39 is 28.7 Å². The van der Waals surface area contributed by atoms with E-state index in [2.05, 4.69) is 4.72 Å². The van der Waals surface area contributed by atoms with Gasteiger partial charge in [-0.1, -0.05) is 0 Å². The second-order valence-corrected chi connectivity index (χ2v) is 6.54. The minimum Gasteiger partial charge on any atom is -0.341 e. The highest BCUT2D eigenvalue weighted by atomic mass is 32.2. The molecule has 0 aliphatic carbocycles. The predicted octanol–water partition coefficient (Wildman–Crippen LogP) is -0.321. The maximum absolute atomic E-state index is 11.9. The van der Waals surface area contributed by atoms with E-state index in [1.165, 1.54) is 4.90 Å². The van der Waals surface area contributed by atoms with Crippen LogP contribution in [-0.2, 0) is 14.8 Å². The average Bonchev–Trinajstić information content (AvgIpc) is 2.25. The second-order valence-electron chi connectivity index (χ2n) is 4.76. The van der Waals surface area contributed by atoms with E-state index in [-0.39, 0.29) is 12.6 Å². The Morgan fingerprint density at radius 3 is 2.30 bits per heavy atom. The van der Waals surface area contributed by atoms with Gasteiger partial charge in [-0.05, 0) is 12.8 Å². The van der Waals surface area contributed by atoms with Gasteiger partial charge in [-0.15, -0.1) is 0 Å². The van der Waals surface area contributed by atoms with Crippen molar-refractivity contribution < 1.29 is 26.4 Å². The third kappa shape index (κ3) is 7.06. The first kappa shape index (κ1) is 17.2. The van der Waals surface area contributed by atoms with Gasteiger partial charge >= 0.3 is 6.18 Å². The van der Waals surface area contributed by atoms with E-state index in [0.717, 1.165) is 6.26 Å². The molecule has 1 aliphatic rings. The Hall–Kier alpha value is -0.870. The van der Waals surface area contributed by atoms with Gasteiger partial charge in [0, 0.05) is 19.1 Å². The first-order valence-electron chi connectivity index (χ1n) is 6.09. The van der Waals surface area contributed by atoms with Gasteiger partial charge in [0.2, 0.25) is 15.9 Å². The molecule has 1 heterocycles. The number of carbonyl (C=O) groups is 1. The van der Waals surface area contributed by atoms with Gasteiger partial charge < -0.3 is 10.2 Å². The molecule has 1 fully saturated rings. The van der Waals surface area contributed by atoms with E-state index in [4.69, 9.17) is 0 Å². The highest BCUT2D eigenvalue weighted by molar-refractivity contribution is 7.88. The molecular weight excluding hydrogens is 299 g/mol. The molecule has 1 aliphatic heterocycles. The van der Waals surface area contributed by atoms with Crippen molar-refractivity contribution in [2.24, 2.45) is 0 Å². The monoisotopic (exact) mass is 317 g/mol. The minimum absolute atomic E-state index is 0.225. The third-order valence-corrected chi connectivity index (χ3v) is 3.59. The Kier molecular flexibility index (Phi) is 5.78. The van der Waals surface area contributed by atoms with Crippen LogP contribution >= 0.6 is 0 Å². The molecule has 0 radical (unpaired) electrons. The SMILES string of the molecule is CS(=O)(=O)NC1CCN(C(=O)CNCC(F)(F)F)CC1. The zero-order valence-corrected chi connectivity index (χ0v) is 11.9. The van der Waals surface area contributed by atoms with Crippen molar-refractivity contribution in [1.82, 2.24) is 14.9 Å². The highest BCUT2D eigenvalue weighted by Crippen LogP contribution is 2.13. The number of nitrogens with one attached hydrogen (secondary N) is 2. The van der Waals surface area contributed by atoms with Crippen LogP contribution in [0.15, 0.2) is 0 Å². The summed E-state index contributed by atoms with van der Waals surface area (Å²) in [5.41, 5.74) is 0. The lowest BCUT2D eigenvalue weighted by Gasteiger charge is -2.32. The standard InChI is InChI=1S/C10H18F3N3O3S/c1-20(18,19)15-8-2-4-16(5-3-8)9(17)6-14-7-10(11,12)13/h8,14-15H,2-7H2,1H3. The lowest BCUT2D eigenvalue weighted by molar-refractivity contribution is -0.135. The Morgan fingerprint density at radius 2 is 1.85 bits per heavy atom. The zero-order chi connectivity index (χ0) is 15.4. The smallest absolute Gasteiger partial charge is 0.341 e. The van der Waals surface area contributed by atoms with Crippen LogP contribution in [-0.4, -0.2) is 63.9 Å². The number of halogens is 3. The van der Waals surface area contributed by atoms with Crippen molar-refractivity contribution in [1.29, 1.82) is 0 Å². The van der Waals surface area contributed by atoms with Crippen molar-refractivity contribution in [2.75, 3.05) is 32.4 Å². The molecule has 20 heavy (non-hydrogen) atoms. The van der Waals surface area contributed by atoms with E-state index in [1.807, 2.05) is 5.32 Å². The summed E-state index contributed by atoms with van der Waals surface area (Å²) in [4.78, 5) is 13.1. The number of hydrogen-bond acceptors (Lipinski definition) is 4. The Labute approximate surface area is 115 Å². The summed E-state index contributed by atoms with van der Waals surface area (Å²) >= 11 is 0. The number of nitrogens with zero attached hydrogens (tertiary/aromatic N) is 1. The van der Waals surface area contributed by atoms with Crippen LogP contribution in [0.4, 0.5) is 13.2 Å². The Balaban J connectivity index is 2.29. The molecule has 0 aromatic carbocycles. The Bertz CT molecular complexity index is 431. The van der Waals surface area contributed by atoms with Gasteiger partial charge in [-0.25, -0.2) is 13.1 Å². The summed E-state index contributed by atoms with van der Waals surface area (Å²) in [7, 11) is -3.28. The molecule has 1 rings (SSSR count). The molecule has 1 amide bonds. The normalized spacial score (nSPS) is 18.3. The van der Waals surface area contributed by atoms with Crippen LogP contribution in [0.2, 0.25) is 0 Å². The number of sulfonamides is 1. The van der Waals surface area contributed by atoms with Gasteiger partial charge in [-0.2, -0.15) is 13.2 Å². The summed E-state index contributed by atoms with van der Waals surface area (Å²) in [5.74, 6) is -0.410. The van der Waals surface area contributed by atoms with Crippen molar-refractivity contribution in [2.45, 2.75) is 25.1 Å². The summed E-state index contributed by atoms with van der Waals surface area (Å²) in [5, 5.41) is 2.04. The number of alkyl halides is 3. The van der Waals surface area contributed by atoms with E-state index in [0.29, 0.717) is 25.9 Å². The lowest BCUT2D eigenvalue weighted by atomic mass is 10.1. The van der Waals surface area contributed by atoms with Crippen LogP contribution in [0.25, 0.3) is 0 Å². The van der Waals surface area contributed by atoms with E-state index in [9.17, 15) is 26.4 Å². The maximum atomic E-state index is 11.9. The minimum atomic E-state index is -4.34. The summed E-state index contributed by atoms with van der Waals surface area (Å²) in [6.45, 7) is -0.909. The molecule has 0 spiro atoms. The Morgan fingerprint density at radius 1 is 1.30 bits per heavy atom. The summed E-state index contributed by atoms with van der Waals surface area (Å²) in [6, 6.07) is -0.225. The molecule has 0 saturated carbocycles. The van der Waals surface area contributed by atoms with Crippen molar-refractivity contribution >= 4 is 15.9 Å². The van der Waals surface area contributed by atoms with Gasteiger partial charge in [0.05, 0.1) is 19.3 Å². The van der Waals surface area contributed by atoms with Crippen molar-refractivity contribution in [3.8, 4) is 0 Å². The van der Waals surface area contributed by atoms with Gasteiger partial charge in [0.15, 0.2) is 0 Å². The molecule has 0 aromatic heterocycles. The van der Waals surface area contributed by atoms with Crippen LogP contribution in [0.1, 0.15) is 12.8 Å². The predicted molar refractivity (Wildman–Crippen MR) is 66.5 cm³/mol. The first-order chi connectivity index (χ1) is 9.07. The largest absolute Gasteiger partial charge is 0.401 e. The van der Waals surface area contributed by atoms with Crippen LogP contribution in [0.3, 0.4) is 0 Å². The molecule has 10 heteroatoms. The number of likely N-dealkylation sites (tertiary alicyclic amines) is 1. The number of hydrogen-bond donors (Lipinski definition) is 2. The van der Waals surface area contributed by atoms with Crippen LogP contribution in [0, 0.1) is 0 Å². The van der Waals surface area contributed by atoms with Crippen molar-refractivity contribution in [3.63, 3.8) is 0 Å². The fourth-order valence-electron chi connectivity index (χ4n) is 1.97. The van der Waals surface area contributed by atoms with Crippen molar-refractivity contribution in [3.05, 3.63) is 0 Å². The molecule has 118 valence electrons.